The highest BCUT2D eigenvalue weighted by Gasteiger charge is 2.20. The third-order valence-corrected chi connectivity index (χ3v) is 3.33. The van der Waals surface area contributed by atoms with Crippen molar-refractivity contribution >= 4 is 33.4 Å². The van der Waals surface area contributed by atoms with E-state index in [9.17, 15) is 14.4 Å². The Bertz CT molecular complexity index is 691. The van der Waals surface area contributed by atoms with Crippen molar-refractivity contribution in [2.75, 3.05) is 0 Å². The van der Waals surface area contributed by atoms with Crippen LogP contribution in [0.15, 0.2) is 22.6 Å². The Balaban J connectivity index is 2.33. The van der Waals surface area contributed by atoms with Crippen molar-refractivity contribution in [1.82, 2.24) is 14.9 Å². The summed E-state index contributed by atoms with van der Waals surface area (Å²) in [6.45, 7) is 1.06. The molecule has 1 unspecified atom stereocenters. The molecule has 0 aliphatic carbocycles. The molecule has 0 fully saturated rings. The van der Waals surface area contributed by atoms with Crippen LogP contribution in [0.1, 0.15) is 6.92 Å². The molecular formula is C11H11N3O4S. The molecule has 2 heterocycles. The van der Waals surface area contributed by atoms with Crippen molar-refractivity contribution in [3.8, 4) is 0 Å². The first-order chi connectivity index (χ1) is 8.99. The van der Waals surface area contributed by atoms with Crippen LogP contribution in [0.5, 0.6) is 0 Å². The second-order valence-corrected chi connectivity index (χ2v) is 4.83. The highest BCUT2D eigenvalue weighted by Crippen LogP contribution is 2.13. The van der Waals surface area contributed by atoms with Gasteiger partial charge in [0.2, 0.25) is 5.91 Å². The minimum absolute atomic E-state index is 0.160. The fraction of sp³-hybridized carbons (Fsp3) is 0.273. The number of hydrogen-bond donors (Lipinski definition) is 2. The van der Waals surface area contributed by atoms with Crippen LogP contribution in [0.25, 0.3) is 10.2 Å². The van der Waals surface area contributed by atoms with Gasteiger partial charge in [0, 0.05) is 6.92 Å². The Morgan fingerprint density at radius 3 is 2.95 bits per heavy atom. The Morgan fingerprint density at radius 2 is 2.32 bits per heavy atom. The lowest BCUT2D eigenvalue weighted by Gasteiger charge is -2.14. The van der Waals surface area contributed by atoms with Crippen LogP contribution >= 0.6 is 11.3 Å². The molecule has 0 radical (unpaired) electrons. The number of fused-ring (bicyclic) bond motifs is 1. The SMILES string of the molecule is CC(=O)NC(Cn1cnc2sccc2c1=O)C(=O)O. The van der Waals surface area contributed by atoms with E-state index >= 15 is 0 Å². The molecule has 2 N–H and O–H groups in total. The van der Waals surface area contributed by atoms with Crippen molar-refractivity contribution in [2.45, 2.75) is 19.5 Å². The van der Waals surface area contributed by atoms with Crippen molar-refractivity contribution in [3.63, 3.8) is 0 Å². The Kier molecular flexibility index (Phi) is 3.61. The predicted molar refractivity (Wildman–Crippen MR) is 69.1 cm³/mol. The van der Waals surface area contributed by atoms with E-state index in [0.29, 0.717) is 10.2 Å². The maximum Gasteiger partial charge on any atom is 0.328 e. The summed E-state index contributed by atoms with van der Waals surface area (Å²) in [7, 11) is 0. The van der Waals surface area contributed by atoms with Crippen molar-refractivity contribution in [2.24, 2.45) is 0 Å². The maximum atomic E-state index is 12.1. The van der Waals surface area contributed by atoms with Gasteiger partial charge in [-0.2, -0.15) is 0 Å². The number of carboxylic acid groups (broad SMARTS) is 1. The van der Waals surface area contributed by atoms with E-state index in [1.165, 1.54) is 29.2 Å². The number of carbonyl (C=O) groups excluding carboxylic acids is 1. The summed E-state index contributed by atoms with van der Waals surface area (Å²) in [5.41, 5.74) is -0.317. The van der Waals surface area contributed by atoms with Gasteiger partial charge in [-0.25, -0.2) is 9.78 Å². The van der Waals surface area contributed by atoms with Gasteiger partial charge < -0.3 is 10.4 Å². The van der Waals surface area contributed by atoms with Crippen LogP contribution in [0.4, 0.5) is 0 Å². The van der Waals surface area contributed by atoms with Crippen LogP contribution in [0.3, 0.4) is 0 Å². The lowest BCUT2D eigenvalue weighted by atomic mass is 10.3. The number of rotatable bonds is 4. The van der Waals surface area contributed by atoms with Gasteiger partial charge >= 0.3 is 5.97 Å². The number of hydrogen-bond acceptors (Lipinski definition) is 5. The minimum Gasteiger partial charge on any atom is -0.480 e. The Morgan fingerprint density at radius 1 is 1.58 bits per heavy atom. The van der Waals surface area contributed by atoms with Gasteiger partial charge in [0.25, 0.3) is 5.56 Å². The molecule has 7 nitrogen and oxygen atoms in total. The van der Waals surface area contributed by atoms with Gasteiger partial charge in [-0.3, -0.25) is 14.2 Å². The summed E-state index contributed by atoms with van der Waals surface area (Å²) in [4.78, 5) is 38.7. The molecule has 0 saturated heterocycles. The molecule has 1 atom stereocenters. The van der Waals surface area contributed by atoms with Gasteiger partial charge in [-0.15, -0.1) is 11.3 Å². The highest BCUT2D eigenvalue weighted by atomic mass is 32.1. The number of carbonyl (C=O) groups is 2. The van der Waals surface area contributed by atoms with Crippen molar-refractivity contribution in [1.29, 1.82) is 0 Å². The first-order valence-corrected chi connectivity index (χ1v) is 6.29. The molecule has 2 rings (SSSR count). The van der Waals surface area contributed by atoms with Gasteiger partial charge in [-0.05, 0) is 11.4 Å². The quantitative estimate of drug-likeness (QED) is 0.824. The zero-order valence-electron chi connectivity index (χ0n) is 9.99. The molecule has 8 heteroatoms. The number of amides is 1. The predicted octanol–water partition coefficient (Wildman–Crippen LogP) is 0.0473. The first kappa shape index (κ1) is 13.2. The lowest BCUT2D eigenvalue weighted by molar-refractivity contribution is -0.141. The zero-order valence-corrected chi connectivity index (χ0v) is 10.8. The lowest BCUT2D eigenvalue weighted by Crippen LogP contribution is -2.44. The normalized spacial score (nSPS) is 12.3. The smallest absolute Gasteiger partial charge is 0.328 e. The number of nitrogens with one attached hydrogen (secondary N) is 1. The monoisotopic (exact) mass is 281 g/mol. The molecule has 2 aromatic rings. The molecule has 0 spiro atoms. The van der Waals surface area contributed by atoms with Crippen LogP contribution in [-0.2, 0) is 16.1 Å². The number of carboxylic acids is 1. The Labute approximate surface area is 111 Å². The van der Waals surface area contributed by atoms with E-state index in [2.05, 4.69) is 10.3 Å². The topological polar surface area (TPSA) is 101 Å². The van der Waals surface area contributed by atoms with E-state index in [-0.39, 0.29) is 12.1 Å². The number of aromatic nitrogens is 2. The summed E-state index contributed by atoms with van der Waals surface area (Å²) in [6, 6.07) is 0.480. The van der Waals surface area contributed by atoms with Crippen LogP contribution in [0, 0.1) is 0 Å². The van der Waals surface area contributed by atoms with Crippen LogP contribution < -0.4 is 10.9 Å². The Hall–Kier alpha value is -2.22. The molecule has 2 aromatic heterocycles. The molecule has 100 valence electrons. The fourth-order valence-corrected chi connectivity index (χ4v) is 2.37. The van der Waals surface area contributed by atoms with E-state index in [1.807, 2.05) is 0 Å². The molecule has 0 aromatic carbocycles. The molecule has 19 heavy (non-hydrogen) atoms. The summed E-state index contributed by atoms with van der Waals surface area (Å²) < 4.78 is 1.18. The number of thiophene rings is 1. The maximum absolute atomic E-state index is 12.1. The summed E-state index contributed by atoms with van der Waals surface area (Å²) >= 11 is 1.34. The molecule has 1 amide bonds. The van der Waals surface area contributed by atoms with Crippen molar-refractivity contribution in [3.05, 3.63) is 28.1 Å². The van der Waals surface area contributed by atoms with Gasteiger partial charge in [-0.1, -0.05) is 0 Å². The minimum atomic E-state index is -1.20. The summed E-state index contributed by atoms with van der Waals surface area (Å²) in [6.07, 6.45) is 1.29. The average molecular weight is 281 g/mol. The third kappa shape index (κ3) is 2.79. The van der Waals surface area contributed by atoms with E-state index in [1.54, 1.807) is 11.4 Å². The summed E-state index contributed by atoms with van der Waals surface area (Å²) in [5.74, 6) is -1.67. The van der Waals surface area contributed by atoms with E-state index < -0.39 is 17.9 Å². The second-order valence-electron chi connectivity index (χ2n) is 3.93. The van der Waals surface area contributed by atoms with Crippen molar-refractivity contribution < 1.29 is 14.7 Å². The summed E-state index contributed by atoms with van der Waals surface area (Å²) in [5, 5.41) is 13.5. The number of aliphatic carboxylic acids is 1. The molecule has 0 aliphatic rings. The van der Waals surface area contributed by atoms with E-state index in [4.69, 9.17) is 5.11 Å². The standard InChI is InChI=1S/C11H11N3O4S/c1-6(15)13-8(11(17)18)4-14-5-12-9-7(10(14)16)2-3-19-9/h2-3,5,8H,4H2,1H3,(H,13,15)(H,17,18). The molecule has 0 saturated carbocycles. The zero-order chi connectivity index (χ0) is 14.0. The highest BCUT2D eigenvalue weighted by molar-refractivity contribution is 7.16. The molecule has 0 bridgehead atoms. The van der Waals surface area contributed by atoms with Gasteiger partial charge in [0.15, 0.2) is 0 Å². The fourth-order valence-electron chi connectivity index (χ4n) is 1.65. The van der Waals surface area contributed by atoms with Gasteiger partial charge in [0.05, 0.1) is 18.3 Å². The van der Waals surface area contributed by atoms with Gasteiger partial charge in [0.1, 0.15) is 10.9 Å². The third-order valence-electron chi connectivity index (χ3n) is 2.51. The first-order valence-electron chi connectivity index (χ1n) is 5.41. The van der Waals surface area contributed by atoms with Crippen LogP contribution in [-0.4, -0.2) is 32.6 Å². The molecule has 0 aliphatic heterocycles. The molecular weight excluding hydrogens is 270 g/mol. The largest absolute Gasteiger partial charge is 0.480 e. The second kappa shape index (κ2) is 5.19. The van der Waals surface area contributed by atoms with Crippen LogP contribution in [0.2, 0.25) is 0 Å². The average Bonchev–Trinajstić information content (AvgIpc) is 2.79. The number of nitrogens with zero attached hydrogens (tertiary/aromatic N) is 2. The van der Waals surface area contributed by atoms with E-state index in [0.717, 1.165) is 0 Å².